The molecule has 1 N–H and O–H groups in total. The van der Waals surface area contributed by atoms with Crippen molar-refractivity contribution < 1.29 is 18.3 Å². The largest absolute Gasteiger partial charge is 0.395 e. The average Bonchev–Trinajstić information content (AvgIpc) is 2.44. The second-order valence-corrected chi connectivity index (χ2v) is 8.17. The van der Waals surface area contributed by atoms with Crippen LogP contribution < -0.4 is 0 Å². The minimum Gasteiger partial charge on any atom is -0.395 e. The first-order chi connectivity index (χ1) is 9.99. The van der Waals surface area contributed by atoms with Crippen molar-refractivity contribution in [3.05, 3.63) is 0 Å². The maximum Gasteiger partial charge on any atom is 0.226 e. The Bertz CT molecular complexity index is 454. The first-order valence-corrected chi connectivity index (χ1v) is 9.49. The highest BCUT2D eigenvalue weighted by Gasteiger charge is 2.35. The molecule has 0 spiro atoms. The van der Waals surface area contributed by atoms with Crippen LogP contribution in [0.4, 0.5) is 0 Å². The average molecular weight is 318 g/mol. The fourth-order valence-electron chi connectivity index (χ4n) is 3.08. The lowest BCUT2D eigenvalue weighted by Gasteiger charge is -2.40. The number of aliphatic hydroxyl groups excluding tert-OH is 1. The Balaban J connectivity index is 1.92. The monoisotopic (exact) mass is 318 g/mol. The minimum absolute atomic E-state index is 0.00863. The van der Waals surface area contributed by atoms with Crippen LogP contribution in [0.2, 0.25) is 0 Å². The van der Waals surface area contributed by atoms with Gasteiger partial charge in [-0.15, -0.1) is 0 Å². The van der Waals surface area contributed by atoms with Crippen LogP contribution in [-0.2, 0) is 14.8 Å². The van der Waals surface area contributed by atoms with Crippen molar-refractivity contribution in [2.45, 2.75) is 45.1 Å². The van der Waals surface area contributed by atoms with E-state index in [-0.39, 0.29) is 30.2 Å². The third kappa shape index (κ3) is 3.76. The lowest BCUT2D eigenvalue weighted by molar-refractivity contribution is -0.141. The summed E-state index contributed by atoms with van der Waals surface area (Å²) in [5.41, 5.74) is 0. The summed E-state index contributed by atoms with van der Waals surface area (Å²) >= 11 is 0. The molecular formula is C14H26N2O4S. The molecule has 0 aromatic rings. The highest BCUT2D eigenvalue weighted by molar-refractivity contribution is 7.89. The van der Waals surface area contributed by atoms with Gasteiger partial charge in [-0.05, 0) is 39.0 Å². The quantitative estimate of drug-likeness (QED) is 0.770. The van der Waals surface area contributed by atoms with Crippen molar-refractivity contribution in [3.8, 4) is 0 Å². The third-order valence-electron chi connectivity index (χ3n) is 4.70. The maximum atomic E-state index is 12.6. The van der Waals surface area contributed by atoms with Gasteiger partial charge in [0.1, 0.15) is 0 Å². The standard InChI is InChI=1S/C14H26N2O4S/c1-2-21(19,20)15-8-6-12(7-9-15)14(18)16(10-11-17)13-4-3-5-13/h12-13,17H,2-11H2,1H3. The van der Waals surface area contributed by atoms with Gasteiger partial charge in [-0.1, -0.05) is 0 Å². The number of nitrogens with zero attached hydrogens (tertiary/aromatic N) is 2. The van der Waals surface area contributed by atoms with Crippen LogP contribution in [-0.4, -0.2) is 66.7 Å². The van der Waals surface area contributed by atoms with Gasteiger partial charge in [-0.2, -0.15) is 0 Å². The van der Waals surface area contributed by atoms with Gasteiger partial charge >= 0.3 is 0 Å². The van der Waals surface area contributed by atoms with E-state index in [1.165, 1.54) is 4.31 Å². The van der Waals surface area contributed by atoms with Crippen molar-refractivity contribution in [1.29, 1.82) is 0 Å². The Morgan fingerprint density at radius 3 is 2.29 bits per heavy atom. The molecule has 1 heterocycles. The molecule has 1 aliphatic heterocycles. The van der Waals surface area contributed by atoms with Crippen molar-refractivity contribution in [2.75, 3.05) is 32.0 Å². The molecule has 2 aliphatic rings. The molecule has 1 amide bonds. The van der Waals surface area contributed by atoms with E-state index >= 15 is 0 Å². The SMILES string of the molecule is CCS(=O)(=O)N1CCC(C(=O)N(CCO)C2CCC2)CC1. The van der Waals surface area contributed by atoms with E-state index in [2.05, 4.69) is 0 Å². The first kappa shape index (κ1) is 16.7. The van der Waals surface area contributed by atoms with E-state index in [4.69, 9.17) is 5.11 Å². The molecule has 0 bridgehead atoms. The summed E-state index contributed by atoms with van der Waals surface area (Å²) in [7, 11) is -3.14. The molecule has 1 aliphatic carbocycles. The zero-order valence-electron chi connectivity index (χ0n) is 12.7. The summed E-state index contributed by atoms with van der Waals surface area (Å²) < 4.78 is 25.2. The molecule has 122 valence electrons. The van der Waals surface area contributed by atoms with Crippen LogP contribution in [0, 0.1) is 5.92 Å². The fourth-order valence-corrected chi connectivity index (χ4v) is 4.21. The van der Waals surface area contributed by atoms with Gasteiger partial charge < -0.3 is 10.0 Å². The molecule has 0 atom stereocenters. The van der Waals surface area contributed by atoms with Gasteiger partial charge in [0, 0.05) is 31.6 Å². The number of aliphatic hydroxyl groups is 1. The topological polar surface area (TPSA) is 77.9 Å². The van der Waals surface area contributed by atoms with Crippen LogP contribution in [0.3, 0.4) is 0 Å². The van der Waals surface area contributed by atoms with Crippen molar-refractivity contribution in [1.82, 2.24) is 9.21 Å². The van der Waals surface area contributed by atoms with Gasteiger partial charge in [0.05, 0.1) is 12.4 Å². The lowest BCUT2D eigenvalue weighted by atomic mass is 9.89. The molecule has 0 aromatic heterocycles. The van der Waals surface area contributed by atoms with Crippen molar-refractivity contribution in [3.63, 3.8) is 0 Å². The number of carbonyl (C=O) groups is 1. The molecule has 2 fully saturated rings. The second-order valence-electron chi connectivity index (χ2n) is 5.91. The molecule has 1 saturated carbocycles. The van der Waals surface area contributed by atoms with Gasteiger partial charge in [0.15, 0.2) is 0 Å². The molecule has 0 radical (unpaired) electrons. The first-order valence-electron chi connectivity index (χ1n) is 7.88. The van der Waals surface area contributed by atoms with Gasteiger partial charge in [-0.3, -0.25) is 4.79 Å². The van der Waals surface area contributed by atoms with Crippen LogP contribution in [0.5, 0.6) is 0 Å². The Hall–Kier alpha value is -0.660. The van der Waals surface area contributed by atoms with E-state index in [1.807, 2.05) is 4.90 Å². The number of amides is 1. The third-order valence-corrected chi connectivity index (χ3v) is 6.58. The smallest absolute Gasteiger partial charge is 0.226 e. The predicted octanol–water partition coefficient (Wildman–Crippen LogP) is 0.421. The maximum absolute atomic E-state index is 12.6. The van der Waals surface area contributed by atoms with E-state index in [0.29, 0.717) is 32.5 Å². The number of rotatable bonds is 6. The zero-order valence-corrected chi connectivity index (χ0v) is 13.5. The van der Waals surface area contributed by atoms with Crippen LogP contribution in [0.15, 0.2) is 0 Å². The van der Waals surface area contributed by atoms with Crippen LogP contribution in [0.1, 0.15) is 39.0 Å². The fraction of sp³-hybridized carbons (Fsp3) is 0.929. The minimum atomic E-state index is -3.14. The van der Waals surface area contributed by atoms with E-state index < -0.39 is 10.0 Å². The summed E-state index contributed by atoms with van der Waals surface area (Å²) in [6.45, 7) is 2.91. The Labute approximate surface area is 127 Å². The van der Waals surface area contributed by atoms with Gasteiger partial charge in [-0.25, -0.2) is 12.7 Å². The number of sulfonamides is 1. The Kier molecular flexibility index (Phi) is 5.62. The molecule has 21 heavy (non-hydrogen) atoms. The summed E-state index contributed by atoms with van der Waals surface area (Å²) in [5.74, 6) is 0.118. The molecule has 0 unspecified atom stereocenters. The summed E-state index contributed by atoms with van der Waals surface area (Å²) in [6, 6.07) is 0.280. The van der Waals surface area contributed by atoms with E-state index in [1.54, 1.807) is 6.92 Å². The van der Waals surface area contributed by atoms with Crippen LogP contribution in [0.25, 0.3) is 0 Å². The number of hydrogen-bond acceptors (Lipinski definition) is 4. The van der Waals surface area contributed by atoms with Gasteiger partial charge in [0.25, 0.3) is 0 Å². The summed E-state index contributed by atoms with van der Waals surface area (Å²) in [5, 5.41) is 9.15. The van der Waals surface area contributed by atoms with E-state index in [0.717, 1.165) is 19.3 Å². The van der Waals surface area contributed by atoms with Crippen LogP contribution >= 0.6 is 0 Å². The molecule has 6 nitrogen and oxygen atoms in total. The summed E-state index contributed by atoms with van der Waals surface area (Å²) in [4.78, 5) is 14.4. The van der Waals surface area contributed by atoms with Crippen molar-refractivity contribution >= 4 is 15.9 Å². The molecule has 2 rings (SSSR count). The predicted molar refractivity (Wildman–Crippen MR) is 80.2 cm³/mol. The Morgan fingerprint density at radius 2 is 1.86 bits per heavy atom. The molecular weight excluding hydrogens is 292 g/mol. The van der Waals surface area contributed by atoms with E-state index in [9.17, 15) is 13.2 Å². The normalized spacial score (nSPS) is 22.0. The van der Waals surface area contributed by atoms with Gasteiger partial charge in [0.2, 0.25) is 15.9 Å². The molecule has 0 aromatic carbocycles. The lowest BCUT2D eigenvalue weighted by Crippen LogP contribution is -2.50. The van der Waals surface area contributed by atoms with Crippen molar-refractivity contribution in [2.24, 2.45) is 5.92 Å². The second kappa shape index (κ2) is 7.07. The Morgan fingerprint density at radius 1 is 1.24 bits per heavy atom. The summed E-state index contributed by atoms with van der Waals surface area (Å²) in [6.07, 6.45) is 4.37. The number of piperidine rings is 1. The molecule has 1 saturated heterocycles. The molecule has 7 heteroatoms. The zero-order chi connectivity index (χ0) is 15.5. The highest BCUT2D eigenvalue weighted by atomic mass is 32.2. The number of hydrogen-bond donors (Lipinski definition) is 1. The highest BCUT2D eigenvalue weighted by Crippen LogP contribution is 2.29. The number of carbonyl (C=O) groups excluding carboxylic acids is 1.